The first-order valence-corrected chi connectivity index (χ1v) is 6.61. The number of benzene rings is 1. The molecule has 0 aliphatic rings. The number of likely N-dealkylation sites (N-methyl/N-ethyl adjacent to an activating group) is 1. The van der Waals surface area contributed by atoms with Gasteiger partial charge in [-0.3, -0.25) is 4.79 Å². The number of amides is 1. The van der Waals surface area contributed by atoms with Crippen LogP contribution in [0.4, 0.5) is 13.2 Å². The van der Waals surface area contributed by atoms with Crippen molar-refractivity contribution in [1.82, 2.24) is 4.90 Å². The molecule has 4 nitrogen and oxygen atoms in total. The number of nitrogens with zero attached hydrogens (tertiary/aromatic N) is 1. The summed E-state index contributed by atoms with van der Waals surface area (Å²) in [6.45, 7) is 2.18. The summed E-state index contributed by atoms with van der Waals surface area (Å²) in [6.07, 6.45) is -4.54. The first-order chi connectivity index (χ1) is 9.79. The van der Waals surface area contributed by atoms with E-state index in [1.54, 1.807) is 6.92 Å². The minimum Gasteiger partial charge on any atom is -0.395 e. The average molecular weight is 304 g/mol. The van der Waals surface area contributed by atoms with Crippen LogP contribution in [0.25, 0.3) is 0 Å². The Balaban J connectivity index is 2.80. The normalized spacial score (nSPS) is 13.0. The molecule has 7 heteroatoms. The van der Waals surface area contributed by atoms with Gasteiger partial charge >= 0.3 is 6.18 Å². The lowest BCUT2D eigenvalue weighted by Crippen LogP contribution is -2.35. The Bertz CT molecular complexity index is 478. The minimum atomic E-state index is -4.44. The number of nitrogens with two attached hydrogens (primary N) is 1. The molecule has 0 radical (unpaired) electrons. The number of halogens is 3. The summed E-state index contributed by atoms with van der Waals surface area (Å²) in [5, 5.41) is 8.84. The molecule has 0 saturated carbocycles. The van der Waals surface area contributed by atoms with Crippen LogP contribution in [0.2, 0.25) is 0 Å². The molecule has 0 saturated heterocycles. The molecule has 0 aliphatic carbocycles. The Labute approximate surface area is 121 Å². The van der Waals surface area contributed by atoms with Gasteiger partial charge in [-0.05, 0) is 24.6 Å². The van der Waals surface area contributed by atoms with Crippen molar-refractivity contribution < 1.29 is 23.1 Å². The van der Waals surface area contributed by atoms with Crippen LogP contribution >= 0.6 is 0 Å². The van der Waals surface area contributed by atoms with E-state index in [2.05, 4.69) is 0 Å². The SMILES string of the molecule is CCN(CCO)C(=O)CC(N)c1cccc(C(F)(F)F)c1. The van der Waals surface area contributed by atoms with Gasteiger partial charge in [-0.15, -0.1) is 0 Å². The molecule has 1 aromatic rings. The molecule has 1 atom stereocenters. The summed E-state index contributed by atoms with van der Waals surface area (Å²) in [4.78, 5) is 13.4. The fourth-order valence-electron chi connectivity index (χ4n) is 1.96. The number of aliphatic hydroxyl groups excluding tert-OH is 1. The molecule has 0 aromatic heterocycles. The van der Waals surface area contributed by atoms with E-state index in [9.17, 15) is 18.0 Å². The molecule has 21 heavy (non-hydrogen) atoms. The number of carbonyl (C=O) groups excluding carboxylic acids is 1. The summed E-state index contributed by atoms with van der Waals surface area (Å²) >= 11 is 0. The van der Waals surface area contributed by atoms with Crippen LogP contribution in [0.15, 0.2) is 24.3 Å². The molecule has 0 fully saturated rings. The highest BCUT2D eigenvalue weighted by Gasteiger charge is 2.31. The Morgan fingerprint density at radius 3 is 2.62 bits per heavy atom. The van der Waals surface area contributed by atoms with E-state index in [0.29, 0.717) is 6.54 Å². The van der Waals surface area contributed by atoms with E-state index in [1.165, 1.54) is 17.0 Å². The largest absolute Gasteiger partial charge is 0.416 e. The van der Waals surface area contributed by atoms with Crippen molar-refractivity contribution >= 4 is 5.91 Å². The Morgan fingerprint density at radius 1 is 1.43 bits per heavy atom. The first kappa shape index (κ1) is 17.5. The number of alkyl halides is 3. The molecule has 1 rings (SSSR count). The maximum absolute atomic E-state index is 12.6. The van der Waals surface area contributed by atoms with Gasteiger partial charge in [0.2, 0.25) is 5.91 Å². The second-order valence-corrected chi connectivity index (χ2v) is 4.63. The molecule has 1 amide bonds. The third-order valence-corrected chi connectivity index (χ3v) is 3.14. The highest BCUT2D eigenvalue weighted by Crippen LogP contribution is 2.30. The van der Waals surface area contributed by atoms with Gasteiger partial charge in [-0.1, -0.05) is 12.1 Å². The zero-order valence-electron chi connectivity index (χ0n) is 11.7. The topological polar surface area (TPSA) is 66.6 Å². The van der Waals surface area contributed by atoms with E-state index < -0.39 is 17.8 Å². The molecule has 0 heterocycles. The molecule has 0 aliphatic heterocycles. The molecular formula is C14H19F3N2O2. The molecule has 1 unspecified atom stereocenters. The third kappa shape index (κ3) is 5.02. The van der Waals surface area contributed by atoms with Crippen molar-refractivity contribution in [3.63, 3.8) is 0 Å². The molecule has 0 bridgehead atoms. The second kappa shape index (κ2) is 7.42. The lowest BCUT2D eigenvalue weighted by atomic mass is 10.0. The van der Waals surface area contributed by atoms with Gasteiger partial charge in [0.15, 0.2) is 0 Å². The average Bonchev–Trinajstić information content (AvgIpc) is 2.43. The first-order valence-electron chi connectivity index (χ1n) is 6.61. The van der Waals surface area contributed by atoms with E-state index in [0.717, 1.165) is 12.1 Å². The summed E-state index contributed by atoms with van der Waals surface area (Å²) in [6, 6.07) is 3.85. The van der Waals surface area contributed by atoms with Crippen molar-refractivity contribution in [3.05, 3.63) is 35.4 Å². The van der Waals surface area contributed by atoms with Crippen LogP contribution in [-0.2, 0) is 11.0 Å². The van der Waals surface area contributed by atoms with Crippen LogP contribution in [0, 0.1) is 0 Å². The predicted octanol–water partition coefficient (Wildman–Crippen LogP) is 1.94. The Kier molecular flexibility index (Phi) is 6.17. The van der Waals surface area contributed by atoms with Gasteiger partial charge in [0.1, 0.15) is 0 Å². The fourth-order valence-corrected chi connectivity index (χ4v) is 1.96. The lowest BCUT2D eigenvalue weighted by Gasteiger charge is -2.22. The van der Waals surface area contributed by atoms with E-state index in [4.69, 9.17) is 10.8 Å². The standard InChI is InChI=1S/C14H19F3N2O2/c1-2-19(6-7-20)13(21)9-12(18)10-4-3-5-11(8-10)14(15,16)17/h3-5,8,12,20H,2,6-7,9,18H2,1H3. The highest BCUT2D eigenvalue weighted by molar-refractivity contribution is 5.77. The van der Waals surface area contributed by atoms with Crippen LogP contribution < -0.4 is 5.73 Å². The van der Waals surface area contributed by atoms with Crippen LogP contribution in [0.1, 0.15) is 30.5 Å². The number of carbonyl (C=O) groups is 1. The molecule has 1 aromatic carbocycles. The minimum absolute atomic E-state index is 0.102. The van der Waals surface area contributed by atoms with Crippen LogP contribution in [0.3, 0.4) is 0 Å². The number of aliphatic hydroxyl groups is 1. The molecular weight excluding hydrogens is 285 g/mol. The van der Waals surface area contributed by atoms with E-state index >= 15 is 0 Å². The maximum Gasteiger partial charge on any atom is 0.416 e. The van der Waals surface area contributed by atoms with Gasteiger partial charge in [0, 0.05) is 25.6 Å². The quantitative estimate of drug-likeness (QED) is 0.844. The van der Waals surface area contributed by atoms with Crippen LogP contribution in [0.5, 0.6) is 0 Å². The molecule has 3 N–H and O–H groups in total. The summed E-state index contributed by atoms with van der Waals surface area (Å²) in [7, 11) is 0. The predicted molar refractivity (Wildman–Crippen MR) is 72.3 cm³/mol. The number of hydrogen-bond donors (Lipinski definition) is 2. The van der Waals surface area contributed by atoms with Gasteiger partial charge < -0.3 is 15.7 Å². The maximum atomic E-state index is 12.6. The number of rotatable bonds is 6. The third-order valence-electron chi connectivity index (χ3n) is 3.14. The summed E-state index contributed by atoms with van der Waals surface area (Å²) in [5.74, 6) is -0.295. The number of hydrogen-bond acceptors (Lipinski definition) is 3. The van der Waals surface area contributed by atoms with Crippen molar-refractivity contribution in [2.45, 2.75) is 25.6 Å². The Morgan fingerprint density at radius 2 is 2.10 bits per heavy atom. The highest BCUT2D eigenvalue weighted by atomic mass is 19.4. The van der Waals surface area contributed by atoms with E-state index in [1.807, 2.05) is 0 Å². The summed E-state index contributed by atoms with van der Waals surface area (Å²) in [5.41, 5.74) is 5.30. The smallest absolute Gasteiger partial charge is 0.395 e. The van der Waals surface area contributed by atoms with Gasteiger partial charge in [-0.2, -0.15) is 13.2 Å². The summed E-state index contributed by atoms with van der Waals surface area (Å²) < 4.78 is 37.9. The monoisotopic (exact) mass is 304 g/mol. The molecule has 118 valence electrons. The van der Waals surface area contributed by atoms with Gasteiger partial charge in [0.05, 0.1) is 12.2 Å². The van der Waals surface area contributed by atoms with Crippen molar-refractivity contribution in [2.75, 3.05) is 19.7 Å². The van der Waals surface area contributed by atoms with Crippen molar-refractivity contribution in [1.29, 1.82) is 0 Å². The van der Waals surface area contributed by atoms with Crippen molar-refractivity contribution in [3.8, 4) is 0 Å². The second-order valence-electron chi connectivity index (χ2n) is 4.63. The van der Waals surface area contributed by atoms with Crippen LogP contribution in [-0.4, -0.2) is 35.6 Å². The van der Waals surface area contributed by atoms with Crippen molar-refractivity contribution in [2.24, 2.45) is 5.73 Å². The van der Waals surface area contributed by atoms with Gasteiger partial charge in [-0.25, -0.2) is 0 Å². The van der Waals surface area contributed by atoms with Gasteiger partial charge in [0.25, 0.3) is 0 Å². The Hall–Kier alpha value is -1.60. The molecule has 0 spiro atoms. The fraction of sp³-hybridized carbons (Fsp3) is 0.500. The van der Waals surface area contributed by atoms with E-state index in [-0.39, 0.29) is 31.0 Å². The lowest BCUT2D eigenvalue weighted by molar-refractivity contribution is -0.137. The zero-order valence-corrected chi connectivity index (χ0v) is 11.7. The zero-order chi connectivity index (χ0) is 16.0.